The lowest BCUT2D eigenvalue weighted by Gasteiger charge is -2.10. The van der Waals surface area contributed by atoms with Crippen molar-refractivity contribution in [3.05, 3.63) is 0 Å². The fourth-order valence-corrected chi connectivity index (χ4v) is 2.63. The number of halogens is 1. The lowest BCUT2D eigenvalue weighted by atomic mass is 10.1. The van der Waals surface area contributed by atoms with Crippen LogP contribution in [0.4, 0.5) is 0 Å². The van der Waals surface area contributed by atoms with Crippen molar-refractivity contribution in [3.8, 4) is 0 Å². The summed E-state index contributed by atoms with van der Waals surface area (Å²) in [5.74, 6) is 0. The Kier molecular flexibility index (Phi) is 10.9. The second-order valence-electron chi connectivity index (χ2n) is 4.64. The van der Waals surface area contributed by atoms with Crippen LogP contribution < -0.4 is 0 Å². The molecule has 3 nitrogen and oxygen atoms in total. The topological polar surface area (TPSA) is 57.5 Å². The highest BCUT2D eigenvalue weighted by atomic mass is 79.9. The molecule has 0 saturated carbocycles. The van der Waals surface area contributed by atoms with Gasteiger partial charge in [-0.2, -0.15) is 0 Å². The van der Waals surface area contributed by atoms with Crippen LogP contribution in [0.3, 0.4) is 0 Å². The van der Waals surface area contributed by atoms with Crippen LogP contribution in [0.5, 0.6) is 0 Å². The highest BCUT2D eigenvalue weighted by Gasteiger charge is 2.24. The summed E-state index contributed by atoms with van der Waals surface area (Å²) in [4.78, 5) is 17.7. The van der Waals surface area contributed by atoms with Gasteiger partial charge in [0.05, 0.1) is 0 Å². The molecule has 0 aromatic heterocycles. The van der Waals surface area contributed by atoms with E-state index in [9.17, 15) is 4.57 Å². The van der Waals surface area contributed by atoms with Crippen molar-refractivity contribution in [3.63, 3.8) is 0 Å². The van der Waals surface area contributed by atoms with Gasteiger partial charge in [0.15, 0.2) is 0 Å². The molecule has 0 heterocycles. The molecule has 1 atom stereocenters. The third-order valence-corrected chi connectivity index (χ3v) is 5.96. The molecule has 0 aliphatic rings. The largest absolute Gasteiger partial charge is 0.339 e. The molecule has 1 unspecified atom stereocenters. The summed E-state index contributed by atoms with van der Waals surface area (Å²) in [5, 5.41) is 0. The van der Waals surface area contributed by atoms with Gasteiger partial charge in [0.2, 0.25) is 0 Å². The first-order chi connectivity index (χ1) is 7.98. The van der Waals surface area contributed by atoms with Crippen LogP contribution in [0, 0.1) is 0 Å². The summed E-state index contributed by atoms with van der Waals surface area (Å²) in [6, 6.07) is 0. The maximum Gasteiger partial charge on any atom is 0.339 e. The van der Waals surface area contributed by atoms with Crippen molar-refractivity contribution >= 4 is 23.5 Å². The Morgan fingerprint density at radius 2 is 1.35 bits per heavy atom. The van der Waals surface area contributed by atoms with Crippen LogP contribution in [0.1, 0.15) is 71.1 Å². The van der Waals surface area contributed by atoms with Gasteiger partial charge in [-0.1, -0.05) is 80.6 Å². The molecule has 0 amide bonds. The maximum absolute atomic E-state index is 10.8. The predicted octanol–water partition coefficient (Wildman–Crippen LogP) is 4.81. The molecule has 0 bridgehead atoms. The quantitative estimate of drug-likeness (QED) is 0.325. The highest BCUT2D eigenvalue weighted by Crippen LogP contribution is 2.47. The Hall–Kier alpha value is 0.630. The standard InChI is InChI=1S/C12H26BrO3P/c1-2-3-4-5-6-7-8-9-10-11-12(13)17(14,15)16/h12H,2-11H2,1H3,(H2,14,15,16). The van der Waals surface area contributed by atoms with Gasteiger partial charge in [-0.3, -0.25) is 4.57 Å². The van der Waals surface area contributed by atoms with Crippen molar-refractivity contribution in [2.75, 3.05) is 0 Å². The zero-order valence-corrected chi connectivity index (χ0v) is 13.3. The van der Waals surface area contributed by atoms with Crippen molar-refractivity contribution in [2.24, 2.45) is 0 Å². The van der Waals surface area contributed by atoms with Gasteiger partial charge in [-0.05, 0) is 6.42 Å². The Morgan fingerprint density at radius 3 is 1.76 bits per heavy atom. The third-order valence-electron chi connectivity index (χ3n) is 2.91. The first-order valence-electron chi connectivity index (χ1n) is 6.67. The van der Waals surface area contributed by atoms with Crippen LogP contribution in [0.25, 0.3) is 0 Å². The smallest absolute Gasteiger partial charge is 0.324 e. The number of hydrogen-bond acceptors (Lipinski definition) is 1. The van der Waals surface area contributed by atoms with E-state index in [4.69, 9.17) is 9.79 Å². The first kappa shape index (κ1) is 17.6. The Balaban J connectivity index is 3.21. The number of alkyl halides is 1. The summed E-state index contributed by atoms with van der Waals surface area (Å²) in [6.45, 7) is 2.22. The Morgan fingerprint density at radius 1 is 0.941 bits per heavy atom. The summed E-state index contributed by atoms with van der Waals surface area (Å²) in [6.07, 6.45) is 11.6. The Bertz CT molecular complexity index is 218. The molecule has 104 valence electrons. The van der Waals surface area contributed by atoms with E-state index in [1.54, 1.807) is 0 Å². The zero-order chi connectivity index (χ0) is 13.1. The van der Waals surface area contributed by atoms with Crippen molar-refractivity contribution in [1.82, 2.24) is 0 Å². The van der Waals surface area contributed by atoms with E-state index >= 15 is 0 Å². The van der Waals surface area contributed by atoms with Crippen molar-refractivity contribution in [1.29, 1.82) is 0 Å². The van der Waals surface area contributed by atoms with Crippen LogP contribution in [0.2, 0.25) is 0 Å². The van der Waals surface area contributed by atoms with Crippen molar-refractivity contribution in [2.45, 2.75) is 75.7 Å². The maximum atomic E-state index is 10.8. The molecule has 0 fully saturated rings. The molecule has 0 saturated heterocycles. The molecule has 0 aliphatic heterocycles. The van der Waals surface area contributed by atoms with E-state index in [0.717, 1.165) is 12.8 Å². The fraction of sp³-hybridized carbons (Fsp3) is 1.00. The Labute approximate surface area is 114 Å². The van der Waals surface area contributed by atoms with Crippen LogP contribution in [-0.2, 0) is 4.57 Å². The lowest BCUT2D eigenvalue weighted by molar-refractivity contribution is 0.367. The molecule has 0 spiro atoms. The molecule has 0 aliphatic carbocycles. The summed E-state index contributed by atoms with van der Waals surface area (Å²) >= 11 is 3.05. The molecule has 0 aromatic carbocycles. The van der Waals surface area contributed by atoms with Gasteiger partial charge in [0, 0.05) is 0 Å². The summed E-state index contributed by atoms with van der Waals surface area (Å²) in [7, 11) is -3.91. The second-order valence-corrected chi connectivity index (χ2v) is 8.26. The van der Waals surface area contributed by atoms with E-state index < -0.39 is 12.2 Å². The van der Waals surface area contributed by atoms with Crippen LogP contribution in [0.15, 0.2) is 0 Å². The van der Waals surface area contributed by atoms with Gasteiger partial charge < -0.3 is 9.79 Å². The van der Waals surface area contributed by atoms with Gasteiger partial charge >= 0.3 is 7.60 Å². The van der Waals surface area contributed by atoms with E-state index in [0.29, 0.717) is 6.42 Å². The minimum absolute atomic E-state index is 0.570. The SMILES string of the molecule is CCCCCCCCCCCC(Br)P(=O)(O)O. The number of rotatable bonds is 11. The average molecular weight is 329 g/mol. The van der Waals surface area contributed by atoms with Gasteiger partial charge in [0.25, 0.3) is 0 Å². The molecular weight excluding hydrogens is 303 g/mol. The van der Waals surface area contributed by atoms with Gasteiger partial charge in [-0.25, -0.2) is 0 Å². The van der Waals surface area contributed by atoms with E-state index in [1.807, 2.05) is 0 Å². The molecular formula is C12H26BrO3P. The highest BCUT2D eigenvalue weighted by molar-refractivity contribution is 9.10. The van der Waals surface area contributed by atoms with E-state index in [2.05, 4.69) is 22.9 Å². The summed E-state index contributed by atoms with van der Waals surface area (Å²) < 4.78 is 10.2. The molecule has 17 heavy (non-hydrogen) atoms. The average Bonchev–Trinajstić information content (AvgIpc) is 2.25. The van der Waals surface area contributed by atoms with Crippen LogP contribution >= 0.6 is 23.5 Å². The fourth-order valence-electron chi connectivity index (χ4n) is 1.79. The number of hydrogen-bond donors (Lipinski definition) is 2. The minimum Gasteiger partial charge on any atom is -0.324 e. The molecule has 0 aromatic rings. The molecule has 2 N–H and O–H groups in total. The van der Waals surface area contributed by atoms with Gasteiger partial charge in [-0.15, -0.1) is 0 Å². The predicted molar refractivity (Wildman–Crippen MR) is 76.6 cm³/mol. The normalized spacial score (nSPS) is 13.9. The molecule has 0 radical (unpaired) electrons. The minimum atomic E-state index is -3.91. The lowest BCUT2D eigenvalue weighted by Crippen LogP contribution is -1.98. The van der Waals surface area contributed by atoms with Crippen LogP contribution in [-0.4, -0.2) is 14.4 Å². The summed E-state index contributed by atoms with van der Waals surface area (Å²) in [5.41, 5.74) is 0. The molecule has 0 rings (SSSR count). The van der Waals surface area contributed by atoms with E-state index in [-0.39, 0.29) is 0 Å². The van der Waals surface area contributed by atoms with Crippen molar-refractivity contribution < 1.29 is 14.4 Å². The third kappa shape index (κ3) is 11.5. The molecule has 5 heteroatoms. The monoisotopic (exact) mass is 328 g/mol. The zero-order valence-electron chi connectivity index (χ0n) is 10.8. The van der Waals surface area contributed by atoms with Gasteiger partial charge in [0.1, 0.15) is 4.57 Å². The second kappa shape index (κ2) is 10.5. The number of unbranched alkanes of at least 4 members (excludes halogenated alkanes) is 8. The first-order valence-corrected chi connectivity index (χ1v) is 9.27. The van der Waals surface area contributed by atoms with E-state index in [1.165, 1.54) is 44.9 Å².